The Morgan fingerprint density at radius 2 is 2.00 bits per heavy atom. The first-order chi connectivity index (χ1) is 11.9. The minimum Gasteiger partial charge on any atom is -0.338 e. The normalized spacial score (nSPS) is 17.8. The van der Waals surface area contributed by atoms with Gasteiger partial charge in [-0.3, -0.25) is 9.20 Å². The summed E-state index contributed by atoms with van der Waals surface area (Å²) in [7, 11) is 0. The highest BCUT2D eigenvalue weighted by Gasteiger charge is 2.33. The summed E-state index contributed by atoms with van der Waals surface area (Å²) >= 11 is 0. The number of amides is 3. The lowest BCUT2D eigenvalue weighted by molar-refractivity contribution is -0.130. The molecule has 3 heterocycles. The highest BCUT2D eigenvalue weighted by Crippen LogP contribution is 2.17. The number of pyridine rings is 1. The zero-order chi connectivity index (χ0) is 18.1. The van der Waals surface area contributed by atoms with E-state index in [1.54, 1.807) is 23.2 Å². The predicted molar refractivity (Wildman–Crippen MR) is 94.5 cm³/mol. The summed E-state index contributed by atoms with van der Waals surface area (Å²) < 4.78 is 1.86. The van der Waals surface area contributed by atoms with Crippen LogP contribution in [-0.4, -0.2) is 50.1 Å². The number of urea groups is 1. The first-order valence-electron chi connectivity index (χ1n) is 8.59. The third-order valence-corrected chi connectivity index (χ3v) is 4.37. The first-order valence-corrected chi connectivity index (χ1v) is 8.59. The van der Waals surface area contributed by atoms with E-state index in [1.807, 2.05) is 32.1 Å². The van der Waals surface area contributed by atoms with Gasteiger partial charge < -0.3 is 15.5 Å². The molecule has 1 atom stereocenters. The van der Waals surface area contributed by atoms with Gasteiger partial charge in [-0.05, 0) is 32.4 Å². The number of hydrogen-bond donors (Lipinski definition) is 2. The third-order valence-electron chi connectivity index (χ3n) is 4.37. The zero-order valence-corrected chi connectivity index (χ0v) is 15.0. The second-order valence-corrected chi connectivity index (χ2v) is 6.92. The van der Waals surface area contributed by atoms with Crippen molar-refractivity contribution in [2.24, 2.45) is 0 Å². The van der Waals surface area contributed by atoms with Crippen molar-refractivity contribution in [3.63, 3.8) is 0 Å². The van der Waals surface area contributed by atoms with Crippen LogP contribution in [0, 0.1) is 0 Å². The van der Waals surface area contributed by atoms with Crippen LogP contribution >= 0.6 is 0 Å². The van der Waals surface area contributed by atoms with Gasteiger partial charge in [-0.2, -0.15) is 0 Å². The van der Waals surface area contributed by atoms with E-state index in [4.69, 9.17) is 0 Å². The minimum absolute atomic E-state index is 0.0264. The van der Waals surface area contributed by atoms with Crippen molar-refractivity contribution in [1.29, 1.82) is 0 Å². The van der Waals surface area contributed by atoms with Crippen LogP contribution in [0.25, 0.3) is 5.65 Å². The third kappa shape index (κ3) is 3.42. The molecule has 8 nitrogen and oxygen atoms in total. The molecule has 2 aromatic heterocycles. The molecule has 3 amide bonds. The molecule has 0 aliphatic carbocycles. The lowest BCUT2D eigenvalue weighted by atomic mass is 10.2. The molecule has 8 heteroatoms. The van der Waals surface area contributed by atoms with Gasteiger partial charge >= 0.3 is 6.03 Å². The molecule has 1 aliphatic heterocycles. The number of nitrogens with zero attached hydrogens (tertiary/aromatic N) is 4. The van der Waals surface area contributed by atoms with Gasteiger partial charge in [0.15, 0.2) is 5.65 Å². The minimum atomic E-state index is -0.465. The fourth-order valence-electron chi connectivity index (χ4n) is 3.05. The summed E-state index contributed by atoms with van der Waals surface area (Å²) in [6, 6.07) is 2.86. The molecule has 25 heavy (non-hydrogen) atoms. The van der Waals surface area contributed by atoms with Crippen LogP contribution in [0.2, 0.25) is 0 Å². The van der Waals surface area contributed by atoms with E-state index in [0.29, 0.717) is 18.7 Å². The Morgan fingerprint density at radius 3 is 2.64 bits per heavy atom. The van der Waals surface area contributed by atoms with Gasteiger partial charge in [0.25, 0.3) is 0 Å². The van der Waals surface area contributed by atoms with Crippen molar-refractivity contribution >= 4 is 23.3 Å². The second-order valence-electron chi connectivity index (χ2n) is 6.92. The summed E-state index contributed by atoms with van der Waals surface area (Å²) in [6.45, 7) is 8.69. The molecule has 2 N–H and O–H groups in total. The van der Waals surface area contributed by atoms with Crippen molar-refractivity contribution in [3.05, 3.63) is 24.2 Å². The number of fused-ring (bicyclic) bond motifs is 1. The standard InChI is InChI=1S/C17H24N6O2/c1-10(2)15-21-20-14-6-5-12(9-23(14)15)18-17(25)19-13-7-8-22(11(3)4)16(13)24/h5-6,9-11,13H,7-8H2,1-4H3,(H2,18,19,25). The van der Waals surface area contributed by atoms with E-state index < -0.39 is 6.04 Å². The SMILES string of the molecule is CC(C)c1nnc2ccc(NC(=O)NC3CCN(C(C)C)C3=O)cn12. The molecule has 0 bridgehead atoms. The van der Waals surface area contributed by atoms with Gasteiger partial charge in [0.05, 0.1) is 5.69 Å². The maximum absolute atomic E-state index is 12.3. The van der Waals surface area contributed by atoms with Crippen LogP contribution < -0.4 is 10.6 Å². The Balaban J connectivity index is 1.68. The maximum Gasteiger partial charge on any atom is 0.319 e. The van der Waals surface area contributed by atoms with Crippen molar-refractivity contribution in [1.82, 2.24) is 24.8 Å². The van der Waals surface area contributed by atoms with Crippen molar-refractivity contribution in [3.8, 4) is 0 Å². The van der Waals surface area contributed by atoms with Crippen LogP contribution in [-0.2, 0) is 4.79 Å². The first kappa shape index (κ1) is 17.2. The second kappa shape index (κ2) is 6.70. The van der Waals surface area contributed by atoms with Gasteiger partial charge in [-0.1, -0.05) is 13.8 Å². The summed E-state index contributed by atoms with van der Waals surface area (Å²) in [4.78, 5) is 26.3. The lowest BCUT2D eigenvalue weighted by Crippen LogP contribution is -2.44. The average Bonchev–Trinajstić information content (AvgIpc) is 3.11. The van der Waals surface area contributed by atoms with Gasteiger partial charge in [0.2, 0.25) is 5.91 Å². The number of hydrogen-bond acceptors (Lipinski definition) is 4. The Hall–Kier alpha value is -2.64. The molecule has 134 valence electrons. The number of rotatable bonds is 4. The molecular weight excluding hydrogens is 320 g/mol. The number of carbonyl (C=O) groups is 2. The number of anilines is 1. The average molecular weight is 344 g/mol. The van der Waals surface area contributed by atoms with Crippen LogP contribution in [0.15, 0.2) is 18.3 Å². The van der Waals surface area contributed by atoms with Crippen LogP contribution in [0.4, 0.5) is 10.5 Å². The van der Waals surface area contributed by atoms with E-state index in [-0.39, 0.29) is 23.9 Å². The Bertz CT molecular complexity index is 798. The van der Waals surface area contributed by atoms with Gasteiger partial charge in [-0.25, -0.2) is 4.79 Å². The highest BCUT2D eigenvalue weighted by atomic mass is 16.2. The van der Waals surface area contributed by atoms with Crippen LogP contribution in [0.3, 0.4) is 0 Å². The lowest BCUT2D eigenvalue weighted by Gasteiger charge is -2.21. The summed E-state index contributed by atoms with van der Waals surface area (Å²) in [5.41, 5.74) is 1.35. The van der Waals surface area contributed by atoms with Crippen LogP contribution in [0.1, 0.15) is 45.9 Å². The molecule has 1 saturated heterocycles. The van der Waals surface area contributed by atoms with E-state index in [2.05, 4.69) is 20.8 Å². The quantitative estimate of drug-likeness (QED) is 0.887. The molecule has 0 spiro atoms. The van der Waals surface area contributed by atoms with E-state index in [0.717, 1.165) is 11.5 Å². The summed E-state index contributed by atoms with van der Waals surface area (Å²) in [5.74, 6) is 1.02. The number of aromatic nitrogens is 3. The Kier molecular flexibility index (Phi) is 4.61. The van der Waals surface area contributed by atoms with Crippen molar-refractivity contribution in [2.75, 3.05) is 11.9 Å². The van der Waals surface area contributed by atoms with Gasteiger partial charge in [0, 0.05) is 24.7 Å². The molecule has 2 aromatic rings. The highest BCUT2D eigenvalue weighted by molar-refractivity contribution is 5.94. The van der Waals surface area contributed by atoms with E-state index in [9.17, 15) is 9.59 Å². The number of nitrogens with one attached hydrogen (secondary N) is 2. The topological polar surface area (TPSA) is 91.6 Å². The van der Waals surface area contributed by atoms with Crippen LogP contribution in [0.5, 0.6) is 0 Å². The van der Waals surface area contributed by atoms with Gasteiger partial charge in [-0.15, -0.1) is 10.2 Å². The summed E-state index contributed by atoms with van der Waals surface area (Å²) in [6.07, 6.45) is 2.42. The summed E-state index contributed by atoms with van der Waals surface area (Å²) in [5, 5.41) is 13.8. The van der Waals surface area contributed by atoms with Crippen molar-refractivity contribution in [2.45, 2.75) is 52.1 Å². The molecule has 0 aromatic carbocycles. The fraction of sp³-hybridized carbons (Fsp3) is 0.529. The largest absolute Gasteiger partial charge is 0.338 e. The molecule has 3 rings (SSSR count). The molecule has 0 radical (unpaired) electrons. The number of carbonyl (C=O) groups excluding carboxylic acids is 2. The predicted octanol–water partition coefficient (Wildman–Crippen LogP) is 1.98. The molecule has 1 unspecified atom stereocenters. The monoisotopic (exact) mass is 344 g/mol. The molecule has 1 aliphatic rings. The smallest absolute Gasteiger partial charge is 0.319 e. The maximum atomic E-state index is 12.3. The number of likely N-dealkylation sites (tertiary alicyclic amines) is 1. The van der Waals surface area contributed by atoms with Crippen molar-refractivity contribution < 1.29 is 9.59 Å². The zero-order valence-electron chi connectivity index (χ0n) is 15.0. The molecule has 0 saturated carbocycles. The Labute approximate surface area is 146 Å². The van der Waals surface area contributed by atoms with Gasteiger partial charge in [0.1, 0.15) is 11.9 Å². The van der Waals surface area contributed by atoms with E-state index in [1.165, 1.54) is 0 Å². The fourth-order valence-corrected chi connectivity index (χ4v) is 3.05. The Morgan fingerprint density at radius 1 is 1.24 bits per heavy atom. The molecule has 1 fully saturated rings. The van der Waals surface area contributed by atoms with E-state index >= 15 is 0 Å². The molecular formula is C17H24N6O2.